The molecule has 0 aliphatic rings. The number of benzene rings is 1. The molecule has 1 aromatic carbocycles. The second-order valence-corrected chi connectivity index (χ2v) is 5.75. The topological polar surface area (TPSA) is 93.5 Å². The Balaban J connectivity index is 2.92. The van der Waals surface area contributed by atoms with Gasteiger partial charge in [0, 0.05) is 5.54 Å². The van der Waals surface area contributed by atoms with Crippen LogP contribution in [0.3, 0.4) is 0 Å². The molecule has 0 fully saturated rings. The number of nitrogens with zero attached hydrogens (tertiary/aromatic N) is 1. The van der Waals surface area contributed by atoms with Crippen LogP contribution in [0.2, 0.25) is 0 Å². The van der Waals surface area contributed by atoms with E-state index in [9.17, 15) is 14.9 Å². The maximum absolute atomic E-state index is 12.0. The summed E-state index contributed by atoms with van der Waals surface area (Å²) in [4.78, 5) is 22.6. The summed E-state index contributed by atoms with van der Waals surface area (Å²) in [7, 11) is 1.44. The minimum atomic E-state index is -0.601. The Hall–Kier alpha value is -2.31. The van der Waals surface area contributed by atoms with E-state index >= 15 is 0 Å². The summed E-state index contributed by atoms with van der Waals surface area (Å²) in [6, 6.07) is 3.84. The standard InChI is InChI=1S/C14H21N3O4/c1-9(13(18)16-14(2,3)4)15-11-7-6-10(21-5)8-12(11)17(19)20/h6-9,15H,1-5H3,(H,16,18). The number of nitrogens with one attached hydrogen (secondary N) is 2. The number of amides is 1. The van der Waals surface area contributed by atoms with Crippen LogP contribution in [0, 0.1) is 10.1 Å². The maximum Gasteiger partial charge on any atom is 0.296 e. The third-order valence-electron chi connectivity index (χ3n) is 2.67. The Labute approximate surface area is 123 Å². The number of nitro benzene ring substituents is 1. The summed E-state index contributed by atoms with van der Waals surface area (Å²) in [5.41, 5.74) is -0.221. The van der Waals surface area contributed by atoms with Gasteiger partial charge < -0.3 is 15.4 Å². The van der Waals surface area contributed by atoms with Gasteiger partial charge in [-0.15, -0.1) is 0 Å². The average molecular weight is 295 g/mol. The van der Waals surface area contributed by atoms with Gasteiger partial charge >= 0.3 is 0 Å². The Bertz CT molecular complexity index is 538. The molecular weight excluding hydrogens is 274 g/mol. The number of hydrogen-bond donors (Lipinski definition) is 2. The number of ether oxygens (including phenoxy) is 1. The maximum atomic E-state index is 12.0. The molecule has 0 saturated carbocycles. The molecule has 0 aliphatic carbocycles. The van der Waals surface area contributed by atoms with Crippen molar-refractivity contribution in [3.63, 3.8) is 0 Å². The van der Waals surface area contributed by atoms with Crippen LogP contribution in [0.25, 0.3) is 0 Å². The molecule has 1 rings (SSSR count). The average Bonchev–Trinajstić information content (AvgIpc) is 2.36. The molecule has 21 heavy (non-hydrogen) atoms. The lowest BCUT2D eigenvalue weighted by molar-refractivity contribution is -0.384. The lowest BCUT2D eigenvalue weighted by Crippen LogP contribution is -2.47. The summed E-state index contributed by atoms with van der Waals surface area (Å²) in [6.45, 7) is 7.25. The van der Waals surface area contributed by atoms with Gasteiger partial charge in [0.25, 0.3) is 5.69 Å². The zero-order valence-corrected chi connectivity index (χ0v) is 12.9. The van der Waals surface area contributed by atoms with Crippen molar-refractivity contribution in [3.8, 4) is 5.75 Å². The number of carbonyl (C=O) groups is 1. The highest BCUT2D eigenvalue weighted by Crippen LogP contribution is 2.29. The molecule has 1 amide bonds. The number of carbonyl (C=O) groups excluding carboxylic acids is 1. The molecule has 0 aliphatic heterocycles. The minimum Gasteiger partial charge on any atom is -0.496 e. The second-order valence-electron chi connectivity index (χ2n) is 5.75. The number of methoxy groups -OCH3 is 1. The molecule has 2 N–H and O–H groups in total. The predicted octanol–water partition coefficient (Wildman–Crippen LogP) is 2.32. The fourth-order valence-electron chi connectivity index (χ4n) is 1.69. The molecule has 0 radical (unpaired) electrons. The zero-order valence-electron chi connectivity index (χ0n) is 12.9. The summed E-state index contributed by atoms with van der Waals surface area (Å²) in [5, 5.41) is 16.8. The number of nitro groups is 1. The highest BCUT2D eigenvalue weighted by atomic mass is 16.6. The van der Waals surface area contributed by atoms with Crippen molar-refractivity contribution in [1.82, 2.24) is 5.32 Å². The van der Waals surface area contributed by atoms with Crippen molar-refractivity contribution in [2.24, 2.45) is 0 Å². The van der Waals surface area contributed by atoms with Crippen LogP contribution in [0.4, 0.5) is 11.4 Å². The second kappa shape index (κ2) is 6.43. The van der Waals surface area contributed by atoms with E-state index in [0.29, 0.717) is 5.75 Å². The van der Waals surface area contributed by atoms with Crippen molar-refractivity contribution in [2.75, 3.05) is 12.4 Å². The molecule has 0 heterocycles. The third-order valence-corrected chi connectivity index (χ3v) is 2.67. The van der Waals surface area contributed by atoms with Crippen molar-refractivity contribution >= 4 is 17.3 Å². The minimum absolute atomic E-state index is 0.134. The van der Waals surface area contributed by atoms with Gasteiger partial charge in [-0.2, -0.15) is 0 Å². The summed E-state index contributed by atoms with van der Waals surface area (Å²) < 4.78 is 4.97. The highest BCUT2D eigenvalue weighted by molar-refractivity contribution is 5.85. The van der Waals surface area contributed by atoms with Crippen LogP contribution in [0.1, 0.15) is 27.7 Å². The van der Waals surface area contributed by atoms with E-state index in [-0.39, 0.29) is 22.8 Å². The first-order chi connectivity index (χ1) is 9.64. The Kier molecular flexibility index (Phi) is 5.12. The van der Waals surface area contributed by atoms with Crippen LogP contribution >= 0.6 is 0 Å². The van der Waals surface area contributed by atoms with Crippen molar-refractivity contribution < 1.29 is 14.5 Å². The van der Waals surface area contributed by atoms with Gasteiger partial charge in [0.05, 0.1) is 18.1 Å². The summed E-state index contributed by atoms with van der Waals surface area (Å²) in [6.07, 6.45) is 0. The molecule has 0 bridgehead atoms. The van der Waals surface area contributed by atoms with E-state index in [2.05, 4.69) is 10.6 Å². The monoisotopic (exact) mass is 295 g/mol. The number of anilines is 1. The number of rotatable bonds is 5. The van der Waals surface area contributed by atoms with Crippen LogP contribution in [0.5, 0.6) is 5.75 Å². The third kappa shape index (κ3) is 4.94. The van der Waals surface area contributed by atoms with Gasteiger partial charge in [0.2, 0.25) is 5.91 Å². The van der Waals surface area contributed by atoms with Gasteiger partial charge in [-0.05, 0) is 39.8 Å². The summed E-state index contributed by atoms with van der Waals surface area (Å²) >= 11 is 0. The first-order valence-electron chi connectivity index (χ1n) is 6.55. The Morgan fingerprint density at radius 2 is 2.00 bits per heavy atom. The molecule has 0 spiro atoms. The van der Waals surface area contributed by atoms with Gasteiger partial charge in [-0.3, -0.25) is 14.9 Å². The fraction of sp³-hybridized carbons (Fsp3) is 0.500. The van der Waals surface area contributed by atoms with E-state index in [0.717, 1.165) is 0 Å². The Morgan fingerprint density at radius 1 is 1.38 bits per heavy atom. The quantitative estimate of drug-likeness (QED) is 0.642. The van der Waals surface area contributed by atoms with Crippen LogP contribution < -0.4 is 15.4 Å². The molecule has 116 valence electrons. The van der Waals surface area contributed by atoms with Gasteiger partial charge in [-0.1, -0.05) is 0 Å². The molecule has 0 aromatic heterocycles. The number of hydrogen-bond acceptors (Lipinski definition) is 5. The first-order valence-corrected chi connectivity index (χ1v) is 6.55. The van der Waals surface area contributed by atoms with Crippen molar-refractivity contribution in [2.45, 2.75) is 39.3 Å². The van der Waals surface area contributed by atoms with Crippen LogP contribution in [-0.4, -0.2) is 29.5 Å². The van der Waals surface area contributed by atoms with Gasteiger partial charge in [-0.25, -0.2) is 0 Å². The molecular formula is C14H21N3O4. The smallest absolute Gasteiger partial charge is 0.296 e. The van der Waals surface area contributed by atoms with E-state index in [4.69, 9.17) is 4.74 Å². The molecule has 0 saturated heterocycles. The fourth-order valence-corrected chi connectivity index (χ4v) is 1.69. The predicted molar refractivity (Wildman–Crippen MR) is 80.6 cm³/mol. The van der Waals surface area contributed by atoms with E-state index < -0.39 is 11.0 Å². The highest BCUT2D eigenvalue weighted by Gasteiger charge is 2.22. The largest absolute Gasteiger partial charge is 0.496 e. The van der Waals surface area contributed by atoms with Crippen LogP contribution in [0.15, 0.2) is 18.2 Å². The van der Waals surface area contributed by atoms with Crippen molar-refractivity contribution in [3.05, 3.63) is 28.3 Å². The Morgan fingerprint density at radius 3 is 2.48 bits per heavy atom. The lowest BCUT2D eigenvalue weighted by atomic mass is 10.1. The molecule has 1 unspecified atom stereocenters. The van der Waals surface area contributed by atoms with E-state index in [1.54, 1.807) is 13.0 Å². The first kappa shape index (κ1) is 16.7. The zero-order chi connectivity index (χ0) is 16.2. The molecule has 7 heteroatoms. The lowest BCUT2D eigenvalue weighted by Gasteiger charge is -2.24. The van der Waals surface area contributed by atoms with Gasteiger partial charge in [0.15, 0.2) is 0 Å². The molecule has 1 atom stereocenters. The SMILES string of the molecule is COc1ccc(NC(C)C(=O)NC(C)(C)C)c([N+](=O)[O-])c1. The van der Waals surface area contributed by atoms with Crippen LogP contribution in [-0.2, 0) is 4.79 Å². The normalized spacial score (nSPS) is 12.4. The van der Waals surface area contributed by atoms with E-state index in [1.165, 1.54) is 19.2 Å². The molecule has 1 aromatic rings. The van der Waals surface area contributed by atoms with Gasteiger partial charge in [0.1, 0.15) is 17.5 Å². The molecule has 7 nitrogen and oxygen atoms in total. The van der Waals surface area contributed by atoms with E-state index in [1.807, 2.05) is 20.8 Å². The summed E-state index contributed by atoms with van der Waals surface area (Å²) in [5.74, 6) is 0.159. The van der Waals surface area contributed by atoms with Crippen molar-refractivity contribution in [1.29, 1.82) is 0 Å².